The molecule has 0 spiro atoms. The predicted octanol–water partition coefficient (Wildman–Crippen LogP) is 4.35. The number of hydrogen-bond donors (Lipinski definition) is 0. The van der Waals surface area contributed by atoms with Crippen LogP contribution in [0, 0.1) is 0 Å². The number of Topliss-reactive ketones (excluding diaryl/α,β-unsaturated/α-hetero) is 1. The minimum atomic E-state index is 0.255. The van der Waals surface area contributed by atoms with Crippen LogP contribution in [0.15, 0.2) is 0 Å². The molecule has 80 valence electrons. The van der Waals surface area contributed by atoms with Gasteiger partial charge in [-0.25, -0.2) is 0 Å². The highest BCUT2D eigenvalue weighted by molar-refractivity contribution is 5.74. The zero-order valence-corrected chi connectivity index (χ0v) is 9.86. The van der Waals surface area contributed by atoms with Crippen molar-refractivity contribution in [1.82, 2.24) is 0 Å². The Bertz CT molecular complexity index is 81.8. The molecule has 0 atom stereocenters. The maximum Gasteiger partial charge on any atom is 0.129 e. The van der Waals surface area contributed by atoms with Gasteiger partial charge in [-0.05, 0) is 6.92 Å². The van der Waals surface area contributed by atoms with E-state index in [1.165, 1.54) is 38.5 Å². The summed E-state index contributed by atoms with van der Waals surface area (Å²) in [5, 5.41) is 0. The number of rotatable bonds is 1. The Morgan fingerprint density at radius 2 is 1.08 bits per heavy atom. The molecule has 1 fully saturated rings. The lowest BCUT2D eigenvalue weighted by Crippen LogP contribution is -1.85. The van der Waals surface area contributed by atoms with E-state index in [4.69, 9.17) is 0 Å². The van der Waals surface area contributed by atoms with Gasteiger partial charge in [0.25, 0.3) is 0 Å². The normalized spacial score (nSPS) is 14.5. The van der Waals surface area contributed by atoms with Crippen LogP contribution < -0.4 is 0 Å². The monoisotopic (exact) mass is 186 g/mol. The smallest absolute Gasteiger partial charge is 0.129 e. The molecule has 0 aromatic heterocycles. The van der Waals surface area contributed by atoms with E-state index in [2.05, 4.69) is 0 Å². The van der Waals surface area contributed by atoms with Gasteiger partial charge in [0.15, 0.2) is 0 Å². The predicted molar refractivity (Wildman–Crippen MR) is 60.0 cm³/mol. The van der Waals surface area contributed by atoms with Crippen LogP contribution in [-0.4, -0.2) is 5.78 Å². The van der Waals surface area contributed by atoms with E-state index in [9.17, 15) is 4.79 Å². The number of ketones is 1. The van der Waals surface area contributed by atoms with Crippen molar-refractivity contribution in [2.75, 3.05) is 0 Å². The maximum absolute atomic E-state index is 9.81. The zero-order valence-electron chi connectivity index (χ0n) is 9.86. The maximum atomic E-state index is 9.81. The van der Waals surface area contributed by atoms with Crippen molar-refractivity contribution in [2.24, 2.45) is 0 Å². The fourth-order valence-electron chi connectivity index (χ4n) is 1.06. The lowest BCUT2D eigenvalue weighted by atomic mass is 10.0. The summed E-state index contributed by atoms with van der Waals surface area (Å²) in [4.78, 5) is 9.81. The van der Waals surface area contributed by atoms with Crippen LogP contribution in [0.25, 0.3) is 0 Å². The summed E-state index contributed by atoms with van der Waals surface area (Å²) in [6.07, 6.45) is 9.67. The fraction of sp³-hybridized carbons (Fsp3) is 0.917. The van der Waals surface area contributed by atoms with E-state index in [0.717, 1.165) is 0 Å². The van der Waals surface area contributed by atoms with Crippen LogP contribution in [0.1, 0.15) is 72.6 Å². The fourth-order valence-corrected chi connectivity index (χ4v) is 1.06. The van der Waals surface area contributed by atoms with Gasteiger partial charge >= 0.3 is 0 Å². The van der Waals surface area contributed by atoms with Crippen molar-refractivity contribution in [3.05, 3.63) is 0 Å². The topological polar surface area (TPSA) is 17.1 Å². The standard InChI is InChI=1S/C6H12.C4H8O.C2H6/c1-2-4-6-5-3-1;1-3-4(2)5;1-2/h1-6H2;3H2,1-2H3;1-2H3. The van der Waals surface area contributed by atoms with Crippen LogP contribution in [0.3, 0.4) is 0 Å². The van der Waals surface area contributed by atoms with E-state index >= 15 is 0 Å². The molecule has 1 heteroatoms. The SMILES string of the molecule is C1CCCCC1.CC.CCC(C)=O. The molecule has 1 saturated carbocycles. The first-order chi connectivity index (χ1) is 6.27. The van der Waals surface area contributed by atoms with Gasteiger partial charge in [0.05, 0.1) is 0 Å². The Morgan fingerprint density at radius 1 is 0.923 bits per heavy atom. The third kappa shape index (κ3) is 18.5. The molecular weight excluding hydrogens is 160 g/mol. The quantitative estimate of drug-likeness (QED) is 0.595. The highest BCUT2D eigenvalue weighted by Gasteiger charge is 1.95. The molecule has 1 nitrogen and oxygen atoms in total. The van der Waals surface area contributed by atoms with E-state index in [1.54, 1.807) is 6.92 Å². The van der Waals surface area contributed by atoms with Gasteiger partial charge in [-0.1, -0.05) is 59.3 Å². The second-order valence-electron chi connectivity index (χ2n) is 3.18. The van der Waals surface area contributed by atoms with Gasteiger partial charge in [0.2, 0.25) is 0 Å². The van der Waals surface area contributed by atoms with Gasteiger partial charge in [0.1, 0.15) is 5.78 Å². The van der Waals surface area contributed by atoms with E-state index in [1.807, 2.05) is 20.8 Å². The molecule has 0 bridgehead atoms. The van der Waals surface area contributed by atoms with Gasteiger partial charge < -0.3 is 4.79 Å². The molecule has 1 rings (SSSR count). The molecule has 0 heterocycles. The van der Waals surface area contributed by atoms with Gasteiger partial charge in [0, 0.05) is 6.42 Å². The van der Waals surface area contributed by atoms with Crippen LogP contribution in [0.2, 0.25) is 0 Å². The first-order valence-corrected chi connectivity index (χ1v) is 5.76. The highest BCUT2D eigenvalue weighted by Crippen LogP contribution is 2.15. The van der Waals surface area contributed by atoms with Gasteiger partial charge in [-0.2, -0.15) is 0 Å². The molecule has 0 aromatic rings. The molecule has 13 heavy (non-hydrogen) atoms. The summed E-state index contributed by atoms with van der Waals surface area (Å²) in [6.45, 7) is 7.43. The van der Waals surface area contributed by atoms with Crippen LogP contribution in [0.4, 0.5) is 0 Å². The van der Waals surface area contributed by atoms with Crippen molar-refractivity contribution in [2.45, 2.75) is 72.6 Å². The molecule has 1 aliphatic carbocycles. The Morgan fingerprint density at radius 3 is 1.15 bits per heavy atom. The second kappa shape index (κ2) is 14.2. The molecule has 0 saturated heterocycles. The molecule has 0 aromatic carbocycles. The number of hydrogen-bond acceptors (Lipinski definition) is 1. The van der Waals surface area contributed by atoms with Crippen molar-refractivity contribution in [1.29, 1.82) is 0 Å². The molecule has 0 unspecified atom stereocenters. The zero-order chi connectivity index (χ0) is 10.5. The second-order valence-corrected chi connectivity index (χ2v) is 3.18. The van der Waals surface area contributed by atoms with Crippen LogP contribution >= 0.6 is 0 Å². The third-order valence-corrected chi connectivity index (χ3v) is 2.00. The number of carbonyl (C=O) groups is 1. The van der Waals surface area contributed by atoms with Crippen LogP contribution in [0.5, 0.6) is 0 Å². The lowest BCUT2D eigenvalue weighted by Gasteiger charge is -2.05. The summed E-state index contributed by atoms with van der Waals surface area (Å²) >= 11 is 0. The lowest BCUT2D eigenvalue weighted by molar-refractivity contribution is -0.116. The van der Waals surface area contributed by atoms with E-state index < -0.39 is 0 Å². The van der Waals surface area contributed by atoms with E-state index in [-0.39, 0.29) is 5.78 Å². The van der Waals surface area contributed by atoms with Crippen molar-refractivity contribution >= 4 is 5.78 Å². The molecule has 0 amide bonds. The van der Waals surface area contributed by atoms with Gasteiger partial charge in [-0.15, -0.1) is 0 Å². The summed E-state index contributed by atoms with van der Waals surface area (Å²) in [5.74, 6) is 0.255. The van der Waals surface area contributed by atoms with Crippen molar-refractivity contribution in [3.8, 4) is 0 Å². The summed E-state index contributed by atoms with van der Waals surface area (Å²) in [5.41, 5.74) is 0. The summed E-state index contributed by atoms with van der Waals surface area (Å²) < 4.78 is 0. The van der Waals surface area contributed by atoms with Crippen LogP contribution in [-0.2, 0) is 4.79 Å². The third-order valence-electron chi connectivity index (χ3n) is 2.00. The Balaban J connectivity index is 0. The Hall–Kier alpha value is -0.330. The first-order valence-electron chi connectivity index (χ1n) is 5.76. The average molecular weight is 186 g/mol. The molecule has 0 N–H and O–H groups in total. The number of carbonyl (C=O) groups excluding carboxylic acids is 1. The first kappa shape index (κ1) is 15.2. The molecule has 0 aliphatic heterocycles. The summed E-state index contributed by atoms with van der Waals surface area (Å²) in [7, 11) is 0. The molecule has 1 aliphatic rings. The average Bonchev–Trinajstić information content (AvgIpc) is 2.24. The van der Waals surface area contributed by atoms with Crippen molar-refractivity contribution in [3.63, 3.8) is 0 Å². The Labute approximate surface area is 83.9 Å². The largest absolute Gasteiger partial charge is 0.300 e. The van der Waals surface area contributed by atoms with Gasteiger partial charge in [-0.3, -0.25) is 0 Å². The molecule has 0 radical (unpaired) electrons. The Kier molecular flexibility index (Phi) is 16.6. The van der Waals surface area contributed by atoms with E-state index in [0.29, 0.717) is 6.42 Å². The minimum absolute atomic E-state index is 0.255. The summed E-state index contributed by atoms with van der Waals surface area (Å²) in [6, 6.07) is 0. The highest BCUT2D eigenvalue weighted by atomic mass is 16.1. The van der Waals surface area contributed by atoms with Crippen molar-refractivity contribution < 1.29 is 4.79 Å². The minimum Gasteiger partial charge on any atom is -0.300 e. The molecular formula is C12H26O.